The summed E-state index contributed by atoms with van der Waals surface area (Å²) in [5.74, 6) is 3.71. The van der Waals surface area contributed by atoms with Crippen LogP contribution in [-0.2, 0) is 6.54 Å². The number of nitro benzene ring substituents is 1. The third-order valence-electron chi connectivity index (χ3n) is 5.43. The van der Waals surface area contributed by atoms with Crippen molar-refractivity contribution in [1.82, 2.24) is 5.32 Å². The van der Waals surface area contributed by atoms with Gasteiger partial charge >= 0.3 is 0 Å². The highest BCUT2D eigenvalue weighted by molar-refractivity contribution is 9.10. The molecule has 0 aromatic heterocycles. The highest BCUT2D eigenvalue weighted by atomic mass is 79.9. The summed E-state index contributed by atoms with van der Waals surface area (Å²) in [7, 11) is 0. The zero-order valence-electron chi connectivity index (χ0n) is 11.1. The van der Waals surface area contributed by atoms with E-state index in [1.807, 2.05) is 6.07 Å². The van der Waals surface area contributed by atoms with Crippen LogP contribution in [0.15, 0.2) is 22.7 Å². The number of hydrogen-bond acceptors (Lipinski definition) is 3. The highest BCUT2D eigenvalue weighted by Gasteiger charge is 2.64. The number of rotatable bonds is 4. The van der Waals surface area contributed by atoms with E-state index in [-0.39, 0.29) is 10.6 Å². The molecule has 1 aromatic carbocycles. The molecule has 5 heteroatoms. The number of nitrogens with one attached hydrogen (secondary N) is 1. The van der Waals surface area contributed by atoms with Gasteiger partial charge in [-0.25, -0.2) is 0 Å². The van der Waals surface area contributed by atoms with E-state index < -0.39 is 0 Å². The van der Waals surface area contributed by atoms with E-state index in [1.54, 1.807) is 12.1 Å². The number of nitro groups is 1. The Bertz CT molecular complexity index is 561. The third-order valence-corrected chi connectivity index (χ3v) is 5.89. The summed E-state index contributed by atoms with van der Waals surface area (Å²) in [5, 5.41) is 14.5. The van der Waals surface area contributed by atoms with Crippen molar-refractivity contribution in [2.24, 2.45) is 23.7 Å². The summed E-state index contributed by atoms with van der Waals surface area (Å²) >= 11 is 3.35. The van der Waals surface area contributed by atoms with Gasteiger partial charge in [-0.2, -0.15) is 0 Å². The second kappa shape index (κ2) is 4.53. The highest BCUT2D eigenvalue weighted by Crippen LogP contribution is 2.65. The number of benzene rings is 1. The van der Waals surface area contributed by atoms with Gasteiger partial charge in [-0.05, 0) is 54.6 Å². The fraction of sp³-hybridized carbons (Fsp3) is 0.600. The van der Waals surface area contributed by atoms with Gasteiger partial charge in [0.05, 0.1) is 4.92 Å². The molecule has 0 radical (unpaired) electrons. The minimum absolute atomic E-state index is 0.159. The van der Waals surface area contributed by atoms with Gasteiger partial charge in [0, 0.05) is 29.2 Å². The van der Waals surface area contributed by atoms with Gasteiger partial charge in [-0.1, -0.05) is 15.9 Å². The molecule has 3 aliphatic carbocycles. The minimum Gasteiger partial charge on any atom is -0.309 e. The van der Waals surface area contributed by atoms with Gasteiger partial charge in [0.2, 0.25) is 0 Å². The van der Waals surface area contributed by atoms with Crippen LogP contribution >= 0.6 is 15.9 Å². The summed E-state index contributed by atoms with van der Waals surface area (Å²) in [4.78, 5) is 10.5. The van der Waals surface area contributed by atoms with Crippen LogP contribution in [0.25, 0.3) is 0 Å². The molecule has 106 valence electrons. The zero-order chi connectivity index (χ0) is 13.9. The van der Waals surface area contributed by atoms with Crippen LogP contribution in [0.3, 0.4) is 0 Å². The lowest BCUT2D eigenvalue weighted by molar-refractivity contribution is -0.385. The van der Waals surface area contributed by atoms with E-state index >= 15 is 0 Å². The Morgan fingerprint density at radius 3 is 2.60 bits per heavy atom. The van der Waals surface area contributed by atoms with E-state index in [9.17, 15) is 10.1 Å². The first-order valence-corrected chi connectivity index (χ1v) is 8.10. The van der Waals surface area contributed by atoms with Gasteiger partial charge < -0.3 is 5.32 Å². The Labute approximate surface area is 126 Å². The minimum atomic E-state index is -0.333. The average molecular weight is 337 g/mol. The molecule has 2 bridgehead atoms. The molecule has 4 nitrogen and oxygen atoms in total. The predicted octanol–water partition coefficient (Wildman–Crippen LogP) is 3.49. The largest absolute Gasteiger partial charge is 0.309 e. The molecule has 0 aliphatic heterocycles. The van der Waals surface area contributed by atoms with Crippen LogP contribution in [-0.4, -0.2) is 11.0 Å². The van der Waals surface area contributed by atoms with E-state index in [0.717, 1.165) is 40.3 Å². The maximum Gasteiger partial charge on any atom is 0.270 e. The Morgan fingerprint density at radius 2 is 1.95 bits per heavy atom. The Kier molecular flexibility index (Phi) is 2.89. The van der Waals surface area contributed by atoms with Crippen LogP contribution in [0.2, 0.25) is 0 Å². The summed E-state index contributed by atoms with van der Waals surface area (Å²) in [6.45, 7) is 0.734. The van der Waals surface area contributed by atoms with Gasteiger partial charge in [0.15, 0.2) is 0 Å². The number of non-ortho nitro benzene ring substituents is 1. The quantitative estimate of drug-likeness (QED) is 0.676. The van der Waals surface area contributed by atoms with Gasteiger partial charge in [-0.3, -0.25) is 10.1 Å². The van der Waals surface area contributed by atoms with E-state index in [0.29, 0.717) is 6.04 Å². The molecule has 4 atom stereocenters. The molecule has 1 aromatic rings. The maximum absolute atomic E-state index is 10.9. The van der Waals surface area contributed by atoms with Crippen LogP contribution < -0.4 is 5.32 Å². The fourth-order valence-electron chi connectivity index (χ4n) is 4.67. The lowest BCUT2D eigenvalue weighted by Crippen LogP contribution is -2.22. The van der Waals surface area contributed by atoms with Crippen LogP contribution in [0, 0.1) is 33.8 Å². The van der Waals surface area contributed by atoms with Crippen molar-refractivity contribution in [3.8, 4) is 0 Å². The Morgan fingerprint density at radius 1 is 1.25 bits per heavy atom. The smallest absolute Gasteiger partial charge is 0.270 e. The van der Waals surface area contributed by atoms with Crippen molar-refractivity contribution >= 4 is 21.6 Å². The first-order valence-electron chi connectivity index (χ1n) is 7.31. The summed E-state index contributed by atoms with van der Waals surface area (Å²) in [6, 6.07) is 5.85. The van der Waals surface area contributed by atoms with Crippen molar-refractivity contribution < 1.29 is 4.92 Å². The standard InChI is InChI=1S/C15H17BrN2O2/c16-11-3-8(4-12(6-11)18(19)20)7-17-15-13-9-1-2-10(5-9)14(13)15/h3-4,6,9-10,13-15,17H,1-2,5,7H2. The SMILES string of the molecule is O=[N+]([O-])c1cc(Br)cc(CNC2C3C4CCC(C4)C23)c1. The summed E-state index contributed by atoms with van der Waals surface area (Å²) < 4.78 is 0.777. The molecule has 3 fully saturated rings. The molecule has 3 aliphatic rings. The third kappa shape index (κ3) is 1.99. The van der Waals surface area contributed by atoms with Crippen LogP contribution in [0.4, 0.5) is 5.69 Å². The van der Waals surface area contributed by atoms with Crippen molar-refractivity contribution in [1.29, 1.82) is 0 Å². The van der Waals surface area contributed by atoms with Crippen molar-refractivity contribution in [2.75, 3.05) is 0 Å². The second-order valence-corrected chi connectivity index (χ2v) is 7.39. The lowest BCUT2D eigenvalue weighted by atomic mass is 10.0. The maximum atomic E-state index is 10.9. The number of halogens is 1. The molecule has 1 N–H and O–H groups in total. The Balaban J connectivity index is 1.42. The van der Waals surface area contributed by atoms with E-state index in [2.05, 4.69) is 21.2 Å². The average Bonchev–Trinajstić information content (AvgIpc) is 2.79. The monoisotopic (exact) mass is 336 g/mol. The molecule has 4 unspecified atom stereocenters. The fourth-order valence-corrected chi connectivity index (χ4v) is 5.20. The van der Waals surface area contributed by atoms with Crippen molar-refractivity contribution in [3.05, 3.63) is 38.3 Å². The predicted molar refractivity (Wildman–Crippen MR) is 79.2 cm³/mol. The number of hydrogen-bond donors (Lipinski definition) is 1. The molecule has 3 saturated carbocycles. The molecule has 0 saturated heterocycles. The van der Waals surface area contributed by atoms with Gasteiger partial charge in [0.1, 0.15) is 0 Å². The van der Waals surface area contributed by atoms with E-state index in [4.69, 9.17) is 0 Å². The lowest BCUT2D eigenvalue weighted by Gasteiger charge is -2.10. The van der Waals surface area contributed by atoms with Crippen LogP contribution in [0.1, 0.15) is 24.8 Å². The molecular formula is C15H17BrN2O2. The molecule has 0 amide bonds. The summed E-state index contributed by atoms with van der Waals surface area (Å²) in [6.07, 6.45) is 4.30. The van der Waals surface area contributed by atoms with Crippen LogP contribution in [0.5, 0.6) is 0 Å². The molecule has 0 heterocycles. The molecule has 4 rings (SSSR count). The first-order chi connectivity index (χ1) is 9.63. The molecular weight excluding hydrogens is 320 g/mol. The summed E-state index contributed by atoms with van der Waals surface area (Å²) in [5.41, 5.74) is 1.15. The second-order valence-electron chi connectivity index (χ2n) is 6.47. The van der Waals surface area contributed by atoms with Gasteiger partial charge in [0.25, 0.3) is 5.69 Å². The zero-order valence-corrected chi connectivity index (χ0v) is 12.7. The molecule has 0 spiro atoms. The number of fused-ring (bicyclic) bond motifs is 5. The van der Waals surface area contributed by atoms with E-state index in [1.165, 1.54) is 19.3 Å². The Hall–Kier alpha value is -0.940. The van der Waals surface area contributed by atoms with Gasteiger partial charge in [-0.15, -0.1) is 0 Å². The van der Waals surface area contributed by atoms with Crippen molar-refractivity contribution in [3.63, 3.8) is 0 Å². The topological polar surface area (TPSA) is 55.2 Å². The molecule has 20 heavy (non-hydrogen) atoms. The number of nitrogens with zero attached hydrogens (tertiary/aromatic N) is 1. The van der Waals surface area contributed by atoms with Crippen molar-refractivity contribution in [2.45, 2.75) is 31.8 Å². The first kappa shape index (κ1) is 12.8. The normalized spacial score (nSPS) is 37.0.